The average molecular weight is 304 g/mol. The monoisotopic (exact) mass is 304 g/mol. The Morgan fingerprint density at radius 2 is 1.59 bits per heavy atom. The lowest BCUT2D eigenvalue weighted by atomic mass is 10.0. The predicted octanol–water partition coefficient (Wildman–Crippen LogP) is 3.03. The lowest BCUT2D eigenvalue weighted by molar-refractivity contribution is -0.142. The van der Waals surface area contributed by atoms with Gasteiger partial charge in [-0.25, -0.2) is 9.59 Å². The molecule has 1 rings (SSSR count). The van der Waals surface area contributed by atoms with Crippen LogP contribution in [0, 0.1) is 0 Å². The summed E-state index contributed by atoms with van der Waals surface area (Å²) >= 11 is 0. The Morgan fingerprint density at radius 3 is 2.09 bits per heavy atom. The molecule has 0 aliphatic carbocycles. The number of aliphatic hydroxyl groups is 1. The second-order valence-electron chi connectivity index (χ2n) is 4.37. The van der Waals surface area contributed by atoms with Gasteiger partial charge in [0.25, 0.3) is 0 Å². The van der Waals surface area contributed by atoms with Gasteiger partial charge in [-0.15, -0.1) is 0 Å². The van der Waals surface area contributed by atoms with Crippen LogP contribution in [0.5, 0.6) is 0 Å². The summed E-state index contributed by atoms with van der Waals surface area (Å²) in [6, 6.07) is 8.98. The van der Waals surface area contributed by atoms with E-state index in [0.717, 1.165) is 0 Å². The molecule has 1 N–H and O–H groups in total. The van der Waals surface area contributed by atoms with Crippen LogP contribution in [0.1, 0.15) is 26.3 Å². The summed E-state index contributed by atoms with van der Waals surface area (Å²) in [5.74, 6) is -1.76. The van der Waals surface area contributed by atoms with Crippen LogP contribution in [0.3, 0.4) is 0 Å². The maximum absolute atomic E-state index is 12.2. The van der Waals surface area contributed by atoms with Gasteiger partial charge >= 0.3 is 11.9 Å². The van der Waals surface area contributed by atoms with Gasteiger partial charge < -0.3 is 14.6 Å². The number of benzene rings is 1. The largest absolute Gasteiger partial charge is 0.512 e. The van der Waals surface area contributed by atoms with Gasteiger partial charge in [-0.3, -0.25) is 0 Å². The summed E-state index contributed by atoms with van der Waals surface area (Å²) < 4.78 is 9.88. The third-order valence-electron chi connectivity index (χ3n) is 2.72. The van der Waals surface area contributed by atoms with E-state index in [0.29, 0.717) is 5.56 Å². The Bertz CT molecular complexity index is 580. The molecule has 1 aromatic carbocycles. The molecule has 0 heterocycles. The van der Waals surface area contributed by atoms with Crippen LogP contribution >= 0.6 is 0 Å². The first kappa shape index (κ1) is 17.5. The molecule has 0 aliphatic heterocycles. The van der Waals surface area contributed by atoms with Crippen molar-refractivity contribution in [2.45, 2.75) is 20.8 Å². The highest BCUT2D eigenvalue weighted by Gasteiger charge is 2.25. The molecule has 0 fully saturated rings. The molecule has 1 aromatic rings. The fourth-order valence-corrected chi connectivity index (χ4v) is 1.81. The van der Waals surface area contributed by atoms with Gasteiger partial charge in [-0.05, 0) is 32.4 Å². The molecule has 0 radical (unpaired) electrons. The Kier molecular flexibility index (Phi) is 6.89. The standard InChI is InChI=1S/C17H20O5/c1-4-21-16(19)14(11-13-9-7-6-8-10-13)15(12(3)18)17(20)22-5-2/h6-11,18H,4-5H2,1-3H3/b14-11+,15-12+. The van der Waals surface area contributed by atoms with Gasteiger partial charge in [0.1, 0.15) is 11.3 Å². The van der Waals surface area contributed by atoms with Gasteiger partial charge in [0.15, 0.2) is 0 Å². The van der Waals surface area contributed by atoms with Crippen LogP contribution in [0.2, 0.25) is 0 Å². The normalized spacial score (nSPS) is 12.4. The third kappa shape index (κ3) is 4.77. The minimum atomic E-state index is -0.766. The van der Waals surface area contributed by atoms with Crippen LogP contribution in [-0.2, 0) is 19.1 Å². The number of esters is 2. The number of aliphatic hydroxyl groups excluding tert-OH is 1. The molecule has 0 amide bonds. The van der Waals surface area contributed by atoms with Crippen LogP contribution in [0.25, 0.3) is 6.08 Å². The quantitative estimate of drug-likeness (QED) is 0.378. The summed E-state index contributed by atoms with van der Waals surface area (Å²) in [4.78, 5) is 24.2. The zero-order valence-electron chi connectivity index (χ0n) is 13.0. The van der Waals surface area contributed by atoms with Gasteiger partial charge in [0, 0.05) is 0 Å². The smallest absolute Gasteiger partial charge is 0.342 e. The molecule has 22 heavy (non-hydrogen) atoms. The van der Waals surface area contributed by atoms with Crippen molar-refractivity contribution in [1.29, 1.82) is 0 Å². The van der Waals surface area contributed by atoms with Gasteiger partial charge in [-0.2, -0.15) is 0 Å². The molecule has 0 aliphatic rings. The molecule has 0 atom stereocenters. The summed E-state index contributed by atoms with van der Waals surface area (Å²) in [6.07, 6.45) is 1.49. The van der Waals surface area contributed by atoms with E-state index in [2.05, 4.69) is 0 Å². The number of ether oxygens (including phenoxy) is 2. The predicted molar refractivity (Wildman–Crippen MR) is 83.0 cm³/mol. The number of rotatable bonds is 6. The number of carbonyl (C=O) groups is 2. The lowest BCUT2D eigenvalue weighted by Crippen LogP contribution is -2.18. The van der Waals surface area contributed by atoms with E-state index in [1.165, 1.54) is 13.0 Å². The maximum atomic E-state index is 12.2. The summed E-state index contributed by atoms with van der Waals surface area (Å²) in [5, 5.41) is 9.80. The first-order valence-electron chi connectivity index (χ1n) is 7.02. The van der Waals surface area contributed by atoms with E-state index in [9.17, 15) is 14.7 Å². The van der Waals surface area contributed by atoms with Crippen molar-refractivity contribution in [1.82, 2.24) is 0 Å². The summed E-state index contributed by atoms with van der Waals surface area (Å²) in [5.41, 5.74) is 0.476. The van der Waals surface area contributed by atoms with Crippen molar-refractivity contribution >= 4 is 18.0 Å². The van der Waals surface area contributed by atoms with E-state index in [1.807, 2.05) is 6.07 Å². The van der Waals surface area contributed by atoms with Gasteiger partial charge in [0.05, 0.1) is 18.8 Å². The van der Waals surface area contributed by atoms with E-state index in [1.54, 1.807) is 38.1 Å². The van der Waals surface area contributed by atoms with Crippen molar-refractivity contribution < 1.29 is 24.2 Å². The Morgan fingerprint density at radius 1 is 1.05 bits per heavy atom. The Labute approximate surface area is 129 Å². The fourth-order valence-electron chi connectivity index (χ4n) is 1.81. The first-order valence-corrected chi connectivity index (χ1v) is 7.02. The molecule has 118 valence electrons. The minimum absolute atomic E-state index is 0.0356. The summed E-state index contributed by atoms with van der Waals surface area (Å²) in [6.45, 7) is 4.93. The Balaban J connectivity index is 3.36. The van der Waals surface area contributed by atoms with Crippen molar-refractivity contribution in [2.75, 3.05) is 13.2 Å². The van der Waals surface area contributed by atoms with Crippen molar-refractivity contribution in [3.05, 3.63) is 52.8 Å². The molecular formula is C17H20O5. The van der Waals surface area contributed by atoms with Crippen LogP contribution < -0.4 is 0 Å². The van der Waals surface area contributed by atoms with E-state index in [-0.39, 0.29) is 30.1 Å². The second kappa shape index (κ2) is 8.67. The highest BCUT2D eigenvalue weighted by Crippen LogP contribution is 2.21. The van der Waals surface area contributed by atoms with Crippen LogP contribution in [0.4, 0.5) is 0 Å². The van der Waals surface area contributed by atoms with Crippen LogP contribution in [-0.4, -0.2) is 30.3 Å². The summed E-state index contributed by atoms with van der Waals surface area (Å²) in [7, 11) is 0. The molecule has 0 saturated heterocycles. The molecule has 0 aromatic heterocycles. The molecule has 5 heteroatoms. The zero-order chi connectivity index (χ0) is 16.5. The first-order chi connectivity index (χ1) is 10.5. The van der Waals surface area contributed by atoms with E-state index >= 15 is 0 Å². The van der Waals surface area contributed by atoms with Gasteiger partial charge in [0.2, 0.25) is 0 Å². The SMILES string of the molecule is CCOC(=O)C(=C/c1ccccc1)/C(C(=O)OCC)=C(/C)O. The van der Waals surface area contributed by atoms with E-state index < -0.39 is 11.9 Å². The van der Waals surface area contributed by atoms with E-state index in [4.69, 9.17) is 9.47 Å². The highest BCUT2D eigenvalue weighted by atomic mass is 16.5. The minimum Gasteiger partial charge on any atom is -0.512 e. The molecular weight excluding hydrogens is 284 g/mol. The number of hydrogen-bond donors (Lipinski definition) is 1. The van der Waals surface area contributed by atoms with Crippen molar-refractivity contribution in [3.8, 4) is 0 Å². The molecule has 0 saturated carbocycles. The zero-order valence-corrected chi connectivity index (χ0v) is 13.0. The van der Waals surface area contributed by atoms with Crippen molar-refractivity contribution in [2.24, 2.45) is 0 Å². The molecule has 0 unspecified atom stereocenters. The van der Waals surface area contributed by atoms with Crippen molar-refractivity contribution in [3.63, 3.8) is 0 Å². The van der Waals surface area contributed by atoms with Gasteiger partial charge in [-0.1, -0.05) is 30.3 Å². The highest BCUT2D eigenvalue weighted by molar-refractivity contribution is 6.10. The fraction of sp³-hybridized carbons (Fsp3) is 0.294. The number of carbonyl (C=O) groups excluding carboxylic acids is 2. The number of hydrogen-bond acceptors (Lipinski definition) is 5. The molecule has 0 spiro atoms. The average Bonchev–Trinajstić information content (AvgIpc) is 2.47. The Hall–Kier alpha value is -2.56. The lowest BCUT2D eigenvalue weighted by Gasteiger charge is -2.12. The molecule has 0 bridgehead atoms. The maximum Gasteiger partial charge on any atom is 0.342 e. The topological polar surface area (TPSA) is 72.8 Å². The molecule has 5 nitrogen and oxygen atoms in total. The number of allylic oxidation sites excluding steroid dienone is 1. The second-order valence-corrected chi connectivity index (χ2v) is 4.37. The third-order valence-corrected chi connectivity index (χ3v) is 2.72. The van der Waals surface area contributed by atoms with Crippen LogP contribution in [0.15, 0.2) is 47.2 Å².